The first-order valence-electron chi connectivity index (χ1n) is 9.32. The van der Waals surface area contributed by atoms with E-state index >= 15 is 0 Å². The Morgan fingerprint density at radius 3 is 2.81 bits per heavy atom. The lowest BCUT2D eigenvalue weighted by atomic mass is 9.77. The van der Waals surface area contributed by atoms with Gasteiger partial charge in [0.2, 0.25) is 5.88 Å². The van der Waals surface area contributed by atoms with Gasteiger partial charge in [0.1, 0.15) is 17.1 Å². The van der Waals surface area contributed by atoms with Gasteiger partial charge >= 0.3 is 5.97 Å². The quantitative estimate of drug-likeness (QED) is 0.610. The number of ether oxygens (including phenoxy) is 3. The predicted molar refractivity (Wildman–Crippen MR) is 99.8 cm³/mol. The molecule has 6 heteroatoms. The van der Waals surface area contributed by atoms with Gasteiger partial charge in [-0.15, -0.1) is 0 Å². The third kappa shape index (κ3) is 3.70. The SMILES string of the molecule is CCCCOc1ccccc1C1C(C(=O)OC)=C(N)OC2=C1C(=O)CCC2. The molecule has 27 heavy (non-hydrogen) atoms. The van der Waals surface area contributed by atoms with Crippen LogP contribution in [0.4, 0.5) is 0 Å². The zero-order chi connectivity index (χ0) is 19.4. The van der Waals surface area contributed by atoms with E-state index in [9.17, 15) is 9.59 Å². The normalized spacial score (nSPS) is 19.5. The van der Waals surface area contributed by atoms with Crippen molar-refractivity contribution >= 4 is 11.8 Å². The van der Waals surface area contributed by atoms with E-state index in [1.54, 1.807) is 0 Å². The van der Waals surface area contributed by atoms with Gasteiger partial charge in [-0.2, -0.15) is 0 Å². The van der Waals surface area contributed by atoms with Gasteiger partial charge in [-0.05, 0) is 18.9 Å². The third-order valence-corrected chi connectivity index (χ3v) is 4.88. The van der Waals surface area contributed by atoms with Gasteiger partial charge in [0.25, 0.3) is 0 Å². The third-order valence-electron chi connectivity index (χ3n) is 4.88. The fourth-order valence-corrected chi connectivity index (χ4v) is 3.55. The number of hydrogen-bond acceptors (Lipinski definition) is 6. The van der Waals surface area contributed by atoms with Crippen molar-refractivity contribution in [2.24, 2.45) is 5.73 Å². The van der Waals surface area contributed by atoms with Crippen LogP contribution >= 0.6 is 0 Å². The van der Waals surface area contributed by atoms with Crippen LogP contribution in [0.1, 0.15) is 50.5 Å². The van der Waals surface area contributed by atoms with Gasteiger partial charge in [0.15, 0.2) is 5.78 Å². The van der Waals surface area contributed by atoms with Crippen LogP contribution in [0.25, 0.3) is 0 Å². The molecule has 1 heterocycles. The van der Waals surface area contributed by atoms with Crippen molar-refractivity contribution in [2.45, 2.75) is 44.9 Å². The Hall–Kier alpha value is -2.76. The highest BCUT2D eigenvalue weighted by molar-refractivity contribution is 6.03. The number of hydrogen-bond donors (Lipinski definition) is 1. The molecule has 0 amide bonds. The molecule has 0 bridgehead atoms. The number of benzene rings is 1. The van der Waals surface area contributed by atoms with E-state index in [4.69, 9.17) is 19.9 Å². The van der Waals surface area contributed by atoms with Crippen LogP contribution in [0.15, 0.2) is 47.1 Å². The molecule has 144 valence electrons. The number of methoxy groups -OCH3 is 1. The zero-order valence-corrected chi connectivity index (χ0v) is 15.7. The molecule has 1 aromatic rings. The number of allylic oxidation sites excluding steroid dienone is 2. The van der Waals surface area contributed by atoms with E-state index in [0.29, 0.717) is 43.0 Å². The second-order valence-electron chi connectivity index (χ2n) is 6.66. The fourth-order valence-electron chi connectivity index (χ4n) is 3.55. The largest absolute Gasteiger partial charge is 0.493 e. The van der Waals surface area contributed by atoms with Crippen molar-refractivity contribution in [2.75, 3.05) is 13.7 Å². The predicted octanol–water partition coefficient (Wildman–Crippen LogP) is 3.33. The number of nitrogens with two attached hydrogens (primary N) is 1. The Bertz CT molecular complexity index is 809. The summed E-state index contributed by atoms with van der Waals surface area (Å²) in [6, 6.07) is 7.43. The standard InChI is InChI=1S/C21H25NO5/c1-3-4-12-26-15-10-6-5-8-13(15)17-18-14(23)9-7-11-16(18)27-20(22)19(17)21(24)25-2/h5-6,8,10,17H,3-4,7,9,11-12,22H2,1-2H3. The van der Waals surface area contributed by atoms with E-state index in [2.05, 4.69) is 6.92 Å². The summed E-state index contributed by atoms with van der Waals surface area (Å²) in [5.41, 5.74) is 7.44. The lowest BCUT2D eigenvalue weighted by Gasteiger charge is -2.32. The summed E-state index contributed by atoms with van der Waals surface area (Å²) in [7, 11) is 1.29. The molecule has 0 aromatic heterocycles. The van der Waals surface area contributed by atoms with Crippen LogP contribution in [0, 0.1) is 0 Å². The number of ketones is 1. The maximum Gasteiger partial charge on any atom is 0.340 e. The number of unbranched alkanes of at least 4 members (excludes halogenated alkanes) is 1. The van der Waals surface area contributed by atoms with Gasteiger partial charge in [-0.3, -0.25) is 4.79 Å². The topological polar surface area (TPSA) is 87.8 Å². The average molecular weight is 371 g/mol. The lowest BCUT2D eigenvalue weighted by molar-refractivity contribution is -0.136. The molecule has 1 unspecified atom stereocenters. The summed E-state index contributed by atoms with van der Waals surface area (Å²) >= 11 is 0. The van der Waals surface area contributed by atoms with E-state index < -0.39 is 11.9 Å². The molecule has 2 aliphatic rings. The van der Waals surface area contributed by atoms with Gasteiger partial charge in [0.05, 0.1) is 19.6 Å². The highest BCUT2D eigenvalue weighted by Gasteiger charge is 2.42. The smallest absolute Gasteiger partial charge is 0.340 e. The Labute approximate surface area is 159 Å². The Morgan fingerprint density at radius 2 is 2.07 bits per heavy atom. The van der Waals surface area contributed by atoms with Crippen molar-refractivity contribution in [3.8, 4) is 5.75 Å². The number of Topliss-reactive ketones (excluding diaryl/α,β-unsaturated/α-hetero) is 1. The number of para-hydroxylation sites is 1. The number of carbonyl (C=O) groups excluding carboxylic acids is 2. The van der Waals surface area contributed by atoms with Crippen LogP contribution in [-0.4, -0.2) is 25.5 Å². The minimum absolute atomic E-state index is 0.0105. The molecule has 6 nitrogen and oxygen atoms in total. The summed E-state index contributed by atoms with van der Waals surface area (Å²) < 4.78 is 16.5. The molecule has 1 aliphatic carbocycles. The second-order valence-corrected chi connectivity index (χ2v) is 6.66. The minimum atomic E-state index is -0.646. The first kappa shape index (κ1) is 19.0. The molecule has 1 atom stereocenters. The van der Waals surface area contributed by atoms with Gasteiger partial charge in [0, 0.05) is 24.0 Å². The van der Waals surface area contributed by atoms with Crippen molar-refractivity contribution in [3.05, 3.63) is 52.6 Å². The lowest BCUT2D eigenvalue weighted by Crippen LogP contribution is -2.31. The zero-order valence-electron chi connectivity index (χ0n) is 15.7. The molecule has 1 aliphatic heterocycles. The molecular weight excluding hydrogens is 346 g/mol. The molecule has 0 fully saturated rings. The number of carbonyl (C=O) groups is 2. The molecule has 3 rings (SSSR count). The Morgan fingerprint density at radius 1 is 1.30 bits per heavy atom. The minimum Gasteiger partial charge on any atom is -0.493 e. The van der Waals surface area contributed by atoms with Crippen LogP contribution in [0.2, 0.25) is 0 Å². The van der Waals surface area contributed by atoms with Gasteiger partial charge in [-0.1, -0.05) is 31.5 Å². The van der Waals surface area contributed by atoms with E-state index in [0.717, 1.165) is 18.4 Å². The molecule has 2 N–H and O–H groups in total. The first-order valence-corrected chi connectivity index (χ1v) is 9.32. The van der Waals surface area contributed by atoms with Crippen molar-refractivity contribution < 1.29 is 23.8 Å². The molecule has 0 radical (unpaired) electrons. The summed E-state index contributed by atoms with van der Waals surface area (Å²) in [5.74, 6) is -0.109. The van der Waals surface area contributed by atoms with Crippen LogP contribution in [0.3, 0.4) is 0 Å². The van der Waals surface area contributed by atoms with E-state index in [1.165, 1.54) is 7.11 Å². The van der Waals surface area contributed by atoms with Gasteiger partial charge in [-0.25, -0.2) is 4.79 Å². The number of esters is 1. The van der Waals surface area contributed by atoms with E-state index in [1.807, 2.05) is 24.3 Å². The average Bonchev–Trinajstić information content (AvgIpc) is 2.67. The highest BCUT2D eigenvalue weighted by Crippen LogP contribution is 2.46. The highest BCUT2D eigenvalue weighted by atomic mass is 16.5. The first-order chi connectivity index (χ1) is 13.1. The number of rotatable bonds is 6. The molecule has 0 saturated carbocycles. The van der Waals surface area contributed by atoms with Crippen LogP contribution in [-0.2, 0) is 19.1 Å². The molecule has 0 spiro atoms. The summed E-state index contributed by atoms with van der Waals surface area (Å²) in [4.78, 5) is 25.3. The van der Waals surface area contributed by atoms with Gasteiger partial charge < -0.3 is 19.9 Å². The monoisotopic (exact) mass is 371 g/mol. The Balaban J connectivity index is 2.13. The van der Waals surface area contributed by atoms with Crippen molar-refractivity contribution in [1.82, 2.24) is 0 Å². The van der Waals surface area contributed by atoms with Crippen molar-refractivity contribution in [3.63, 3.8) is 0 Å². The fraction of sp³-hybridized carbons (Fsp3) is 0.429. The maximum absolute atomic E-state index is 12.8. The molecule has 0 saturated heterocycles. The summed E-state index contributed by atoms with van der Waals surface area (Å²) in [5, 5.41) is 0. The summed E-state index contributed by atoms with van der Waals surface area (Å²) in [6.07, 6.45) is 3.67. The second kappa shape index (κ2) is 8.29. The van der Waals surface area contributed by atoms with Crippen LogP contribution in [0.5, 0.6) is 5.75 Å². The van der Waals surface area contributed by atoms with E-state index in [-0.39, 0.29) is 17.2 Å². The maximum atomic E-state index is 12.8. The summed E-state index contributed by atoms with van der Waals surface area (Å²) in [6.45, 7) is 2.65. The molecule has 1 aromatic carbocycles. The molecular formula is C21H25NO5. The van der Waals surface area contributed by atoms with Crippen LogP contribution < -0.4 is 10.5 Å². The Kier molecular flexibility index (Phi) is 5.84. The van der Waals surface area contributed by atoms with Crippen molar-refractivity contribution in [1.29, 1.82) is 0 Å².